The van der Waals surface area contributed by atoms with Crippen LogP contribution in [0.3, 0.4) is 0 Å². The van der Waals surface area contributed by atoms with Crippen molar-refractivity contribution in [2.75, 3.05) is 14.7 Å². The number of aryl methyl sites for hydroxylation is 8. The molecule has 22 aromatic rings. The summed E-state index contributed by atoms with van der Waals surface area (Å²) in [5, 5.41) is 6.54. The van der Waals surface area contributed by atoms with Crippen molar-refractivity contribution in [3.63, 3.8) is 0 Å². The predicted octanol–water partition coefficient (Wildman–Crippen LogP) is 30.9. The lowest BCUT2D eigenvalue weighted by molar-refractivity contribution is 0.0910. The number of anilines is 3. The van der Waals surface area contributed by atoms with Gasteiger partial charge in [0, 0.05) is 65.7 Å². The molecule has 0 N–H and O–H groups in total. The summed E-state index contributed by atoms with van der Waals surface area (Å²) < 4.78 is 6.58. The molecule has 3 aromatic heterocycles. The average Bonchev–Trinajstić information content (AvgIpc) is 1.55. The van der Waals surface area contributed by atoms with Gasteiger partial charge in [0.25, 0.3) is 35.4 Å². The van der Waals surface area contributed by atoms with Gasteiger partial charge in [0.15, 0.2) is 0 Å². The molecule has 0 aliphatic carbocycles. The molecule has 25 rings (SSSR count). The second-order valence-electron chi connectivity index (χ2n) is 36.7. The number of nitrogens with zero attached hydrogens (tertiary/aromatic N) is 6. The molecule has 0 bridgehead atoms. The molecule has 0 saturated heterocycles. The Balaban J connectivity index is 0.000000118. The van der Waals surface area contributed by atoms with Crippen molar-refractivity contribution >= 4 is 118 Å². The van der Waals surface area contributed by atoms with E-state index in [1.54, 1.807) is 18.2 Å². The summed E-state index contributed by atoms with van der Waals surface area (Å²) in [5.41, 5.74) is 36.0. The predicted molar refractivity (Wildman–Crippen MR) is 571 cm³/mol. The smallest absolute Gasteiger partial charge is 0.268 e. The highest BCUT2D eigenvalue weighted by molar-refractivity contribution is 6.39. The Bertz CT molecular complexity index is 8890. The van der Waals surface area contributed by atoms with Crippen LogP contribution in [-0.4, -0.2) is 49.1 Å². The maximum absolute atomic E-state index is 15.0. The van der Waals surface area contributed by atoms with Crippen molar-refractivity contribution in [2.24, 2.45) is 0 Å². The largest absolute Gasteiger partial charge is 0.308 e. The molecular formula is C128H92N6O6. The fourth-order valence-corrected chi connectivity index (χ4v) is 21.8. The number of hydrogen-bond acceptors (Lipinski definition) is 6. The first kappa shape index (κ1) is 86.1. The minimum atomic E-state index is -0.332. The van der Waals surface area contributed by atoms with Gasteiger partial charge < -0.3 is 13.7 Å². The monoisotopic (exact) mass is 1810 g/mol. The summed E-state index contributed by atoms with van der Waals surface area (Å²) in [4.78, 5) is 90.6. The number of imide groups is 3. The summed E-state index contributed by atoms with van der Waals surface area (Å²) in [6, 6.07) is 138. The van der Waals surface area contributed by atoms with Crippen LogP contribution >= 0.6 is 0 Å². The number of fused-ring (bicyclic) bond motifs is 12. The first-order chi connectivity index (χ1) is 68.3. The van der Waals surface area contributed by atoms with Crippen LogP contribution in [0.2, 0.25) is 0 Å². The van der Waals surface area contributed by atoms with E-state index in [0.29, 0.717) is 67.5 Å². The lowest BCUT2D eigenvalue weighted by atomic mass is 9.95. The maximum atomic E-state index is 15.0. The Morgan fingerprint density at radius 3 is 0.800 bits per heavy atom. The highest BCUT2D eigenvalue weighted by Crippen LogP contribution is 2.50. The van der Waals surface area contributed by atoms with Crippen molar-refractivity contribution in [2.45, 2.75) is 55.4 Å². The molecule has 12 heteroatoms. The van der Waals surface area contributed by atoms with Crippen molar-refractivity contribution in [3.05, 3.63) is 490 Å². The molecule has 0 atom stereocenters. The zero-order chi connectivity index (χ0) is 95.6. The topological polar surface area (TPSA) is 127 Å². The number of carbonyl (C=O) groups is 6. The number of carbonyl (C=O) groups excluding carboxylic acids is 6. The van der Waals surface area contributed by atoms with Crippen molar-refractivity contribution in [3.8, 4) is 95.0 Å². The van der Waals surface area contributed by atoms with Crippen LogP contribution in [0.25, 0.3) is 160 Å². The summed E-state index contributed by atoms with van der Waals surface area (Å²) in [6.07, 6.45) is 0. The van der Waals surface area contributed by atoms with Gasteiger partial charge in [-0.15, -0.1) is 0 Å². The van der Waals surface area contributed by atoms with Gasteiger partial charge >= 0.3 is 0 Å². The standard InChI is InChI=1S/C48H36N2O2.2C40H28N2O2/c1-29-23-25-34(31(3)27-29)37-16-10-18-39-40-19-11-17-38(35-26-24-30(2)28-32(35)4)46(40)49(45(37)39)43-22-12-20-41-44(43)48(52)50(47(41)51)42-21-9-8-15-36(42)33-13-6-5-7-14-33;1-25-22-23-28(26(2)24-25)31-16-10-17-32-30-15-7-9-20-35(30)41(38(31)32)36-21-11-18-33-37(36)40(44)42(39(33)43)34-19-8-6-14-29(34)27-12-4-3-5-13-27;1-25-19-21-29(26(2)23-25)28-20-22-32-31-14-7-9-17-35(31)41(37(32)24-28)36-18-10-15-33-38(36)40(44)42(39(33)43)34-16-8-6-13-30(34)27-11-4-3-5-12-27/h5-28H,1-4H3;2*3-24H,1-2H3. The van der Waals surface area contributed by atoms with Gasteiger partial charge in [0.05, 0.1) is 101 Å². The molecule has 0 spiro atoms. The molecule has 140 heavy (non-hydrogen) atoms. The van der Waals surface area contributed by atoms with E-state index in [-0.39, 0.29) is 35.4 Å². The lowest BCUT2D eigenvalue weighted by Gasteiger charge is -2.19. The maximum Gasteiger partial charge on any atom is 0.268 e. The lowest BCUT2D eigenvalue weighted by Crippen LogP contribution is -2.30. The first-order valence-corrected chi connectivity index (χ1v) is 47.3. The third-order valence-electron chi connectivity index (χ3n) is 28.0. The van der Waals surface area contributed by atoms with Crippen molar-refractivity contribution < 1.29 is 28.8 Å². The van der Waals surface area contributed by atoms with E-state index in [4.69, 9.17) is 0 Å². The van der Waals surface area contributed by atoms with Gasteiger partial charge in [-0.25, -0.2) is 14.7 Å². The molecule has 670 valence electrons. The molecular weight excluding hydrogens is 1720 g/mol. The number of aromatic nitrogens is 3. The first-order valence-electron chi connectivity index (χ1n) is 47.3. The number of rotatable bonds is 13. The van der Waals surface area contributed by atoms with Crippen LogP contribution in [0, 0.1) is 55.4 Å². The number of benzene rings is 19. The summed E-state index contributed by atoms with van der Waals surface area (Å²) in [6.45, 7) is 17.0. The third kappa shape index (κ3) is 14.2. The van der Waals surface area contributed by atoms with Crippen LogP contribution in [0.4, 0.5) is 17.1 Å². The summed E-state index contributed by atoms with van der Waals surface area (Å²) >= 11 is 0. The molecule has 3 aliphatic heterocycles. The van der Waals surface area contributed by atoms with E-state index >= 15 is 0 Å². The Morgan fingerprint density at radius 2 is 0.421 bits per heavy atom. The van der Waals surface area contributed by atoms with Crippen LogP contribution < -0.4 is 14.7 Å². The van der Waals surface area contributed by atoms with Gasteiger partial charge in [-0.05, 0) is 195 Å². The van der Waals surface area contributed by atoms with E-state index in [1.165, 1.54) is 64.8 Å². The number of para-hydroxylation sites is 8. The molecule has 12 nitrogen and oxygen atoms in total. The van der Waals surface area contributed by atoms with E-state index in [1.807, 2.05) is 224 Å². The molecule has 0 saturated carbocycles. The minimum absolute atomic E-state index is 0.313. The molecule has 0 radical (unpaired) electrons. The molecule has 6 heterocycles. The number of amides is 6. The van der Waals surface area contributed by atoms with Gasteiger partial charge in [0.1, 0.15) is 0 Å². The van der Waals surface area contributed by atoms with Crippen molar-refractivity contribution in [1.29, 1.82) is 0 Å². The van der Waals surface area contributed by atoms with E-state index in [2.05, 4.69) is 239 Å². The fraction of sp³-hybridized carbons (Fsp3) is 0.0625. The summed E-state index contributed by atoms with van der Waals surface area (Å²) in [5.74, 6) is -1.92. The minimum Gasteiger partial charge on any atom is -0.308 e. The van der Waals surface area contributed by atoms with Crippen LogP contribution in [-0.2, 0) is 0 Å². The van der Waals surface area contributed by atoms with Gasteiger partial charge in [-0.3, -0.25) is 28.8 Å². The van der Waals surface area contributed by atoms with Gasteiger partial charge in [-0.2, -0.15) is 0 Å². The Kier molecular flexibility index (Phi) is 21.4. The molecule has 3 aliphatic rings. The number of hydrogen-bond donors (Lipinski definition) is 0. The Morgan fingerprint density at radius 1 is 0.157 bits per heavy atom. The highest BCUT2D eigenvalue weighted by Gasteiger charge is 2.45. The molecule has 6 amide bonds. The normalized spacial score (nSPS) is 12.8. The molecule has 0 fully saturated rings. The summed E-state index contributed by atoms with van der Waals surface area (Å²) in [7, 11) is 0. The third-order valence-corrected chi connectivity index (χ3v) is 28.0. The van der Waals surface area contributed by atoms with Crippen LogP contribution in [0.1, 0.15) is 107 Å². The van der Waals surface area contributed by atoms with Gasteiger partial charge in [0.2, 0.25) is 0 Å². The van der Waals surface area contributed by atoms with E-state index in [0.717, 1.165) is 138 Å². The SMILES string of the molecule is Cc1ccc(-c2ccc3c4ccccc4n(-c4cccc5c4C(=O)N(c4ccccc4-c4ccccc4)C5=O)c3c2)c(C)c1.Cc1ccc(-c2cccc3c4cccc(-c5ccc(C)cc5C)c4n(-c4cccc5c4C(=O)N(c4ccccc4-c4ccccc4)C5=O)c23)c(C)c1.Cc1ccc(-c2cccc3c4ccccc4n(-c4cccc5c4C(=O)N(c4ccccc4-c4ccccc4)C5=O)c23)c(C)c1. The van der Waals surface area contributed by atoms with E-state index < -0.39 is 0 Å². The second-order valence-corrected chi connectivity index (χ2v) is 36.7. The van der Waals surface area contributed by atoms with Crippen molar-refractivity contribution in [1.82, 2.24) is 13.7 Å². The zero-order valence-electron chi connectivity index (χ0n) is 78.4. The van der Waals surface area contributed by atoms with E-state index in [9.17, 15) is 28.8 Å². The quantitative estimate of drug-likeness (QED) is 0.106. The van der Waals surface area contributed by atoms with Gasteiger partial charge in [-0.1, -0.05) is 362 Å². The molecule has 19 aromatic carbocycles. The van der Waals surface area contributed by atoms with Crippen LogP contribution in [0.15, 0.2) is 413 Å². The second kappa shape index (κ2) is 34.7. The Labute approximate surface area is 810 Å². The Hall–Kier alpha value is -18.0. The fourth-order valence-electron chi connectivity index (χ4n) is 21.8. The van der Waals surface area contributed by atoms with Crippen LogP contribution in [0.5, 0.6) is 0 Å². The zero-order valence-corrected chi connectivity index (χ0v) is 78.4. The molecule has 0 unspecified atom stereocenters. The average molecular weight is 1810 g/mol. The highest BCUT2D eigenvalue weighted by atomic mass is 16.2.